The molecule has 1 heterocycles. The van der Waals surface area contributed by atoms with Gasteiger partial charge < -0.3 is 9.15 Å². The molecule has 1 aromatic rings. The van der Waals surface area contributed by atoms with E-state index in [-0.39, 0.29) is 17.6 Å². The number of furan rings is 1. The van der Waals surface area contributed by atoms with Crippen molar-refractivity contribution in [3.8, 4) is 0 Å². The van der Waals surface area contributed by atoms with E-state index in [4.69, 9.17) is 9.15 Å². The summed E-state index contributed by atoms with van der Waals surface area (Å²) < 4.78 is 10.6. The molecule has 3 nitrogen and oxygen atoms in total. The second-order valence-electron chi connectivity index (χ2n) is 4.29. The number of allylic oxidation sites excluding steroid dienone is 2. The van der Waals surface area contributed by atoms with E-state index < -0.39 is 0 Å². The van der Waals surface area contributed by atoms with Gasteiger partial charge in [-0.25, -0.2) is 0 Å². The van der Waals surface area contributed by atoms with Crippen molar-refractivity contribution < 1.29 is 13.9 Å². The Kier molecular flexibility index (Phi) is 3.13. The third-order valence-corrected chi connectivity index (χ3v) is 3.12. The molecule has 0 radical (unpaired) electrons. The second-order valence-corrected chi connectivity index (χ2v) is 4.29. The lowest BCUT2D eigenvalue weighted by Crippen LogP contribution is -2.10. The van der Waals surface area contributed by atoms with Crippen molar-refractivity contribution in [1.29, 1.82) is 0 Å². The van der Waals surface area contributed by atoms with E-state index in [2.05, 4.69) is 6.92 Å². The largest absolute Gasteiger partial charge is 0.501 e. The van der Waals surface area contributed by atoms with Crippen molar-refractivity contribution in [2.24, 2.45) is 5.92 Å². The zero-order valence-electron chi connectivity index (χ0n) is 9.60. The lowest BCUT2D eigenvalue weighted by atomic mass is 9.87. The molecule has 0 spiro atoms. The summed E-state index contributed by atoms with van der Waals surface area (Å²) in [7, 11) is 1.61. The van der Waals surface area contributed by atoms with Gasteiger partial charge in [0.05, 0.1) is 19.1 Å². The minimum Gasteiger partial charge on any atom is -0.501 e. The van der Waals surface area contributed by atoms with Crippen molar-refractivity contribution in [1.82, 2.24) is 0 Å². The van der Waals surface area contributed by atoms with Crippen molar-refractivity contribution in [3.63, 3.8) is 0 Å². The zero-order valence-corrected chi connectivity index (χ0v) is 9.60. The predicted molar refractivity (Wildman–Crippen MR) is 59.9 cm³/mol. The third-order valence-electron chi connectivity index (χ3n) is 3.12. The van der Waals surface area contributed by atoms with E-state index in [1.807, 2.05) is 12.1 Å². The summed E-state index contributed by atoms with van der Waals surface area (Å²) in [6.07, 6.45) is 4.57. The molecule has 0 saturated carbocycles. The Bertz CT molecular complexity index is 389. The Labute approximate surface area is 95.1 Å². The van der Waals surface area contributed by atoms with Crippen LogP contribution < -0.4 is 0 Å². The Morgan fingerprint density at radius 2 is 2.25 bits per heavy atom. The normalized spacial score (nSPS) is 26.1. The molecule has 0 amide bonds. The minimum absolute atomic E-state index is 0.137. The molecule has 0 fully saturated rings. The number of rotatable bonds is 2. The summed E-state index contributed by atoms with van der Waals surface area (Å²) in [4.78, 5) is 11.6. The molecule has 0 saturated heterocycles. The molecular formula is C13H16O3. The number of ether oxygens (including phenoxy) is 1. The van der Waals surface area contributed by atoms with Gasteiger partial charge in [-0.2, -0.15) is 0 Å². The average molecular weight is 220 g/mol. The van der Waals surface area contributed by atoms with Crippen LogP contribution in [0, 0.1) is 5.92 Å². The molecule has 3 heteroatoms. The summed E-state index contributed by atoms with van der Waals surface area (Å²) in [5.41, 5.74) is 0. The maximum Gasteiger partial charge on any atom is 0.159 e. The quantitative estimate of drug-likeness (QED) is 0.769. The maximum absolute atomic E-state index is 11.6. The number of ketones is 1. The van der Waals surface area contributed by atoms with E-state index in [9.17, 15) is 4.79 Å². The van der Waals surface area contributed by atoms with Gasteiger partial charge in [-0.05, 0) is 18.1 Å². The van der Waals surface area contributed by atoms with Crippen molar-refractivity contribution in [3.05, 3.63) is 36.0 Å². The van der Waals surface area contributed by atoms with Gasteiger partial charge in [0.15, 0.2) is 5.78 Å². The van der Waals surface area contributed by atoms with Crippen LogP contribution >= 0.6 is 0 Å². The van der Waals surface area contributed by atoms with Crippen LogP contribution in [0.15, 0.2) is 34.6 Å². The molecule has 86 valence electrons. The monoisotopic (exact) mass is 220 g/mol. The Balaban J connectivity index is 2.25. The lowest BCUT2D eigenvalue weighted by Gasteiger charge is -2.19. The van der Waals surface area contributed by atoms with Crippen LogP contribution in [-0.4, -0.2) is 12.9 Å². The first kappa shape index (κ1) is 11.0. The second kappa shape index (κ2) is 4.56. The first-order valence-corrected chi connectivity index (χ1v) is 5.51. The standard InChI is InChI=1S/C13H16O3/c1-9-6-10(14)7-11(15-2)8-12(9)13-4-3-5-16-13/h3-5,7,9,12H,6,8H2,1-2H3/t9-,12+/m0/s1. The van der Waals surface area contributed by atoms with Crippen LogP contribution in [0.3, 0.4) is 0 Å². The van der Waals surface area contributed by atoms with Gasteiger partial charge in [-0.15, -0.1) is 0 Å². The number of carbonyl (C=O) groups excluding carboxylic acids is 1. The SMILES string of the molecule is COC1=CC(=O)C[C@H](C)[C@H](c2ccco2)C1. The Morgan fingerprint density at radius 3 is 2.88 bits per heavy atom. The topological polar surface area (TPSA) is 39.4 Å². The van der Waals surface area contributed by atoms with E-state index in [1.54, 1.807) is 19.4 Å². The summed E-state index contributed by atoms with van der Waals surface area (Å²) in [6.45, 7) is 2.08. The highest BCUT2D eigenvalue weighted by Gasteiger charge is 2.28. The van der Waals surface area contributed by atoms with E-state index in [0.717, 1.165) is 17.9 Å². The molecule has 1 aliphatic rings. The van der Waals surface area contributed by atoms with Crippen LogP contribution in [-0.2, 0) is 9.53 Å². The van der Waals surface area contributed by atoms with Crippen LogP contribution in [0.5, 0.6) is 0 Å². The van der Waals surface area contributed by atoms with E-state index in [1.165, 1.54) is 0 Å². The molecule has 0 N–H and O–H groups in total. The maximum atomic E-state index is 11.6. The molecule has 2 rings (SSSR count). The highest BCUT2D eigenvalue weighted by molar-refractivity contribution is 5.90. The molecule has 1 aliphatic carbocycles. The Morgan fingerprint density at radius 1 is 1.44 bits per heavy atom. The number of hydrogen-bond donors (Lipinski definition) is 0. The van der Waals surface area contributed by atoms with Crippen LogP contribution in [0.4, 0.5) is 0 Å². The van der Waals surface area contributed by atoms with Gasteiger partial charge in [0.25, 0.3) is 0 Å². The van der Waals surface area contributed by atoms with Crippen LogP contribution in [0.2, 0.25) is 0 Å². The van der Waals surface area contributed by atoms with Gasteiger partial charge in [-0.1, -0.05) is 6.92 Å². The molecule has 2 atom stereocenters. The minimum atomic E-state index is 0.137. The first-order chi connectivity index (χ1) is 7.70. The molecule has 0 aliphatic heterocycles. The first-order valence-electron chi connectivity index (χ1n) is 5.51. The zero-order chi connectivity index (χ0) is 11.5. The van der Waals surface area contributed by atoms with E-state index in [0.29, 0.717) is 6.42 Å². The highest BCUT2D eigenvalue weighted by atomic mass is 16.5. The van der Waals surface area contributed by atoms with Crippen molar-refractivity contribution in [2.75, 3.05) is 7.11 Å². The summed E-state index contributed by atoms with van der Waals surface area (Å²) in [6, 6.07) is 3.84. The van der Waals surface area contributed by atoms with Gasteiger partial charge in [0, 0.05) is 24.8 Å². The van der Waals surface area contributed by atoms with Crippen LogP contribution in [0.25, 0.3) is 0 Å². The molecular weight excluding hydrogens is 204 g/mol. The molecule has 0 unspecified atom stereocenters. The van der Waals surface area contributed by atoms with Gasteiger partial charge in [0.2, 0.25) is 0 Å². The van der Waals surface area contributed by atoms with Gasteiger partial charge in [0.1, 0.15) is 5.76 Å². The fraction of sp³-hybridized carbons (Fsp3) is 0.462. The van der Waals surface area contributed by atoms with E-state index >= 15 is 0 Å². The van der Waals surface area contributed by atoms with Gasteiger partial charge in [-0.3, -0.25) is 4.79 Å². The van der Waals surface area contributed by atoms with Crippen LogP contribution in [0.1, 0.15) is 31.4 Å². The molecule has 16 heavy (non-hydrogen) atoms. The fourth-order valence-electron chi connectivity index (χ4n) is 2.20. The predicted octanol–water partition coefficient (Wildman–Crippen LogP) is 2.89. The number of methoxy groups -OCH3 is 1. The molecule has 1 aromatic heterocycles. The molecule has 0 aromatic carbocycles. The van der Waals surface area contributed by atoms with Crippen molar-refractivity contribution in [2.45, 2.75) is 25.7 Å². The average Bonchev–Trinajstić information content (AvgIpc) is 2.72. The van der Waals surface area contributed by atoms with Crippen molar-refractivity contribution >= 4 is 5.78 Å². The fourth-order valence-corrected chi connectivity index (χ4v) is 2.20. The summed E-state index contributed by atoms with van der Waals surface area (Å²) in [5, 5.41) is 0. The smallest absolute Gasteiger partial charge is 0.159 e. The number of hydrogen-bond acceptors (Lipinski definition) is 3. The number of carbonyl (C=O) groups is 1. The third kappa shape index (κ3) is 2.18. The Hall–Kier alpha value is -1.51. The van der Waals surface area contributed by atoms with Gasteiger partial charge >= 0.3 is 0 Å². The lowest BCUT2D eigenvalue weighted by molar-refractivity contribution is -0.115. The summed E-state index contributed by atoms with van der Waals surface area (Å²) >= 11 is 0. The summed E-state index contributed by atoms with van der Waals surface area (Å²) in [5.74, 6) is 2.33. The highest BCUT2D eigenvalue weighted by Crippen LogP contribution is 2.35. The molecule has 0 bridgehead atoms.